The topological polar surface area (TPSA) is 41.5 Å². The summed E-state index contributed by atoms with van der Waals surface area (Å²) in [6, 6.07) is 7.63. The number of rotatable bonds is 4. The van der Waals surface area contributed by atoms with Gasteiger partial charge in [0.2, 0.25) is 0 Å². The van der Waals surface area contributed by atoms with E-state index in [1.807, 2.05) is 24.3 Å². The Kier molecular flexibility index (Phi) is 4.19. The first-order valence-corrected chi connectivity index (χ1v) is 5.92. The molecule has 0 bridgehead atoms. The second kappa shape index (κ2) is 5.87. The van der Waals surface area contributed by atoms with Crippen LogP contribution >= 0.6 is 0 Å². The molecule has 1 aliphatic rings. The zero-order valence-corrected chi connectivity index (χ0v) is 9.48. The van der Waals surface area contributed by atoms with Gasteiger partial charge in [0.15, 0.2) is 0 Å². The highest BCUT2D eigenvalue weighted by atomic mass is 16.5. The fourth-order valence-electron chi connectivity index (χ4n) is 1.97. The van der Waals surface area contributed by atoms with Gasteiger partial charge in [-0.1, -0.05) is 12.1 Å². The van der Waals surface area contributed by atoms with Crippen LogP contribution in [0.4, 0.5) is 0 Å². The summed E-state index contributed by atoms with van der Waals surface area (Å²) < 4.78 is 5.72. The summed E-state index contributed by atoms with van der Waals surface area (Å²) in [6.07, 6.45) is 2.50. The Labute approximate surface area is 96.4 Å². The third kappa shape index (κ3) is 3.22. The Morgan fingerprint density at radius 3 is 2.75 bits per heavy atom. The van der Waals surface area contributed by atoms with Crippen molar-refractivity contribution in [3.05, 3.63) is 29.8 Å². The lowest BCUT2D eigenvalue weighted by molar-refractivity contribution is 0.218. The minimum Gasteiger partial charge on any atom is -0.493 e. The average molecular weight is 221 g/mol. The molecule has 1 unspecified atom stereocenters. The van der Waals surface area contributed by atoms with E-state index in [9.17, 15) is 0 Å². The van der Waals surface area contributed by atoms with E-state index in [4.69, 9.17) is 9.84 Å². The molecule has 2 rings (SSSR count). The summed E-state index contributed by atoms with van der Waals surface area (Å²) in [5.41, 5.74) is 0.923. The molecule has 1 saturated heterocycles. The average Bonchev–Trinajstić information content (AvgIpc) is 2.38. The Balaban J connectivity index is 1.79. The standard InChI is InChI=1S/C13H19NO2/c15-9-11-3-5-13(6-4-11)16-10-12-2-1-7-14-8-12/h3-6,12,14-15H,1-2,7-10H2. The van der Waals surface area contributed by atoms with Gasteiger partial charge in [0, 0.05) is 12.5 Å². The van der Waals surface area contributed by atoms with Gasteiger partial charge in [-0.05, 0) is 37.1 Å². The molecule has 16 heavy (non-hydrogen) atoms. The number of aliphatic hydroxyl groups excluding tert-OH is 1. The molecule has 0 spiro atoms. The molecule has 0 amide bonds. The van der Waals surface area contributed by atoms with Crippen molar-refractivity contribution >= 4 is 0 Å². The molecular weight excluding hydrogens is 202 g/mol. The molecule has 1 aromatic rings. The molecule has 1 heterocycles. The summed E-state index contributed by atoms with van der Waals surface area (Å²) in [5.74, 6) is 1.52. The van der Waals surface area contributed by atoms with E-state index in [1.165, 1.54) is 12.8 Å². The third-order valence-electron chi connectivity index (χ3n) is 2.99. The van der Waals surface area contributed by atoms with Crippen LogP contribution in [-0.4, -0.2) is 24.8 Å². The van der Waals surface area contributed by atoms with Crippen LogP contribution in [0.5, 0.6) is 5.75 Å². The second-order valence-corrected chi connectivity index (χ2v) is 4.33. The molecule has 1 aromatic carbocycles. The maximum absolute atomic E-state index is 8.91. The van der Waals surface area contributed by atoms with Crippen LogP contribution in [0.2, 0.25) is 0 Å². The fraction of sp³-hybridized carbons (Fsp3) is 0.538. The predicted octanol–water partition coefficient (Wildman–Crippen LogP) is 1.56. The number of ether oxygens (including phenoxy) is 1. The van der Waals surface area contributed by atoms with Crippen molar-refractivity contribution < 1.29 is 9.84 Å². The van der Waals surface area contributed by atoms with E-state index in [-0.39, 0.29) is 6.61 Å². The smallest absolute Gasteiger partial charge is 0.119 e. The van der Waals surface area contributed by atoms with E-state index in [0.717, 1.165) is 31.0 Å². The number of benzene rings is 1. The van der Waals surface area contributed by atoms with E-state index >= 15 is 0 Å². The van der Waals surface area contributed by atoms with Gasteiger partial charge in [0.1, 0.15) is 5.75 Å². The van der Waals surface area contributed by atoms with Crippen molar-refractivity contribution in [3.63, 3.8) is 0 Å². The highest BCUT2D eigenvalue weighted by Crippen LogP contribution is 2.15. The van der Waals surface area contributed by atoms with Gasteiger partial charge in [0.05, 0.1) is 13.2 Å². The molecule has 1 aliphatic heterocycles. The SMILES string of the molecule is OCc1ccc(OCC2CCCNC2)cc1. The molecule has 3 nitrogen and oxygen atoms in total. The van der Waals surface area contributed by atoms with Crippen molar-refractivity contribution in [3.8, 4) is 5.75 Å². The first-order valence-electron chi connectivity index (χ1n) is 5.92. The van der Waals surface area contributed by atoms with Crippen LogP contribution in [0.15, 0.2) is 24.3 Å². The molecule has 0 aromatic heterocycles. The molecule has 2 N–H and O–H groups in total. The minimum atomic E-state index is 0.0901. The number of nitrogens with one attached hydrogen (secondary N) is 1. The number of piperidine rings is 1. The van der Waals surface area contributed by atoms with Crippen LogP contribution in [-0.2, 0) is 6.61 Å². The lowest BCUT2D eigenvalue weighted by Gasteiger charge is -2.22. The predicted molar refractivity (Wildman–Crippen MR) is 63.5 cm³/mol. The van der Waals surface area contributed by atoms with Gasteiger partial charge in [-0.25, -0.2) is 0 Å². The summed E-state index contributed by atoms with van der Waals surface area (Å²) in [4.78, 5) is 0. The van der Waals surface area contributed by atoms with Crippen LogP contribution in [0.1, 0.15) is 18.4 Å². The minimum absolute atomic E-state index is 0.0901. The van der Waals surface area contributed by atoms with E-state index in [0.29, 0.717) is 5.92 Å². The number of hydrogen-bond donors (Lipinski definition) is 2. The van der Waals surface area contributed by atoms with Crippen LogP contribution in [0, 0.1) is 5.92 Å². The zero-order chi connectivity index (χ0) is 11.2. The maximum Gasteiger partial charge on any atom is 0.119 e. The number of aliphatic hydroxyl groups is 1. The summed E-state index contributed by atoms with van der Waals surface area (Å²) in [5, 5.41) is 12.3. The quantitative estimate of drug-likeness (QED) is 0.810. The van der Waals surface area contributed by atoms with Gasteiger partial charge in [-0.2, -0.15) is 0 Å². The highest BCUT2D eigenvalue weighted by molar-refractivity contribution is 5.26. The fourth-order valence-corrected chi connectivity index (χ4v) is 1.97. The normalized spacial score (nSPS) is 20.7. The van der Waals surface area contributed by atoms with E-state index < -0.39 is 0 Å². The molecular formula is C13H19NO2. The first kappa shape index (κ1) is 11.4. The molecule has 0 saturated carbocycles. The largest absolute Gasteiger partial charge is 0.493 e. The number of hydrogen-bond acceptors (Lipinski definition) is 3. The summed E-state index contributed by atoms with van der Waals surface area (Å²) >= 11 is 0. The second-order valence-electron chi connectivity index (χ2n) is 4.33. The van der Waals surface area contributed by atoms with Crippen LogP contribution < -0.4 is 10.1 Å². The van der Waals surface area contributed by atoms with Crippen molar-refractivity contribution in [2.75, 3.05) is 19.7 Å². The molecule has 88 valence electrons. The summed E-state index contributed by atoms with van der Waals surface area (Å²) in [6.45, 7) is 3.08. The Morgan fingerprint density at radius 2 is 2.12 bits per heavy atom. The summed E-state index contributed by atoms with van der Waals surface area (Å²) in [7, 11) is 0. The monoisotopic (exact) mass is 221 g/mol. The van der Waals surface area contributed by atoms with E-state index in [1.54, 1.807) is 0 Å². The van der Waals surface area contributed by atoms with Gasteiger partial charge < -0.3 is 15.2 Å². The molecule has 1 fully saturated rings. The third-order valence-corrected chi connectivity index (χ3v) is 2.99. The van der Waals surface area contributed by atoms with Gasteiger partial charge in [-0.3, -0.25) is 0 Å². The van der Waals surface area contributed by atoms with Crippen molar-refractivity contribution in [1.82, 2.24) is 5.32 Å². The first-order chi connectivity index (χ1) is 7.88. The van der Waals surface area contributed by atoms with Gasteiger partial charge in [-0.15, -0.1) is 0 Å². The Morgan fingerprint density at radius 1 is 1.31 bits per heavy atom. The van der Waals surface area contributed by atoms with Crippen molar-refractivity contribution in [1.29, 1.82) is 0 Å². The van der Waals surface area contributed by atoms with Gasteiger partial charge >= 0.3 is 0 Å². The lowest BCUT2D eigenvalue weighted by Crippen LogP contribution is -2.33. The zero-order valence-electron chi connectivity index (χ0n) is 9.48. The van der Waals surface area contributed by atoms with Crippen LogP contribution in [0.25, 0.3) is 0 Å². The Bertz CT molecular complexity index is 304. The van der Waals surface area contributed by atoms with E-state index in [2.05, 4.69) is 5.32 Å². The molecule has 1 atom stereocenters. The lowest BCUT2D eigenvalue weighted by atomic mass is 10.0. The van der Waals surface area contributed by atoms with Gasteiger partial charge in [0.25, 0.3) is 0 Å². The van der Waals surface area contributed by atoms with Crippen LogP contribution in [0.3, 0.4) is 0 Å². The highest BCUT2D eigenvalue weighted by Gasteiger charge is 2.13. The Hall–Kier alpha value is -1.06. The maximum atomic E-state index is 8.91. The molecule has 0 aliphatic carbocycles. The van der Waals surface area contributed by atoms with Crippen molar-refractivity contribution in [2.45, 2.75) is 19.4 Å². The molecule has 0 radical (unpaired) electrons. The van der Waals surface area contributed by atoms with Crippen molar-refractivity contribution in [2.24, 2.45) is 5.92 Å². The molecule has 3 heteroatoms.